The van der Waals surface area contributed by atoms with Gasteiger partial charge in [0.2, 0.25) is 53.0 Å². The molecule has 0 aromatic heterocycles. The molecule has 0 saturated carbocycles. The Kier molecular flexibility index (Phi) is 26.4. The lowest BCUT2D eigenvalue weighted by Crippen LogP contribution is -2.58. The molecule has 0 radical (unpaired) electrons. The second-order valence-electron chi connectivity index (χ2n) is 24.6. The highest BCUT2D eigenvalue weighted by molar-refractivity contribution is 6.38. The Morgan fingerprint density at radius 2 is 1.33 bits per heavy atom. The fourth-order valence-electron chi connectivity index (χ4n) is 11.6. The Morgan fingerprint density at radius 3 is 1.99 bits per heavy atom. The van der Waals surface area contributed by atoms with Gasteiger partial charge in [-0.15, -0.1) is 0 Å². The number of carbonyl (C=O) groups is 10. The van der Waals surface area contributed by atoms with Crippen molar-refractivity contribution in [3.05, 3.63) is 138 Å². The minimum absolute atomic E-state index is 0.0900. The van der Waals surface area contributed by atoms with Crippen molar-refractivity contribution in [2.45, 2.75) is 148 Å². The van der Waals surface area contributed by atoms with Gasteiger partial charge < -0.3 is 55.2 Å². The van der Waals surface area contributed by atoms with Crippen LogP contribution in [0.5, 0.6) is 11.5 Å². The maximum atomic E-state index is 15.1. The van der Waals surface area contributed by atoms with Crippen LogP contribution in [0, 0.1) is 11.3 Å². The van der Waals surface area contributed by atoms with Crippen LogP contribution in [0.3, 0.4) is 0 Å². The van der Waals surface area contributed by atoms with E-state index in [2.05, 4.69) is 21.3 Å². The second kappa shape index (κ2) is 33.8. The van der Waals surface area contributed by atoms with E-state index in [9.17, 15) is 38.4 Å². The highest BCUT2D eigenvalue weighted by Gasteiger charge is 2.45. The van der Waals surface area contributed by atoms with E-state index in [1.54, 1.807) is 114 Å². The molecule has 2 aliphatic heterocycles. The van der Waals surface area contributed by atoms with E-state index in [0.29, 0.717) is 86.2 Å². The van der Waals surface area contributed by atoms with Gasteiger partial charge in [-0.05, 0) is 124 Å². The maximum Gasteiger partial charge on any atom is 0.291 e. The van der Waals surface area contributed by atoms with E-state index >= 15 is 9.59 Å². The van der Waals surface area contributed by atoms with E-state index in [1.807, 2.05) is 63.2 Å². The highest BCUT2D eigenvalue weighted by atomic mass is 16.5. The first-order chi connectivity index (χ1) is 43.4. The number of aryl methyl sites for hydroxylation is 1. The van der Waals surface area contributed by atoms with Crippen LogP contribution in [-0.2, 0) is 60.8 Å². The number of hydrogen-bond acceptors (Lipinski definition) is 12. The fraction of sp³-hybridized carbons (Fsp3) is 0.486. The van der Waals surface area contributed by atoms with E-state index < -0.39 is 88.8 Å². The molecule has 1 unspecified atom stereocenters. The summed E-state index contributed by atoms with van der Waals surface area (Å²) < 4.78 is 11.0. The number of benzene rings is 4. The van der Waals surface area contributed by atoms with Gasteiger partial charge in [0.25, 0.3) is 5.91 Å². The van der Waals surface area contributed by atoms with E-state index in [0.717, 1.165) is 11.1 Å². The molecule has 4 aromatic rings. The number of hydrogen-bond donors (Lipinski definition) is 4. The Morgan fingerprint density at radius 1 is 0.681 bits per heavy atom. The number of nitrogens with one attached hydrogen (secondary N) is 4. The number of anilines is 1. The molecule has 0 spiro atoms. The topological polar surface area (TPSA) is 253 Å². The largest absolute Gasteiger partial charge is 0.493 e. The average Bonchev–Trinajstić information content (AvgIpc) is 2.35. The predicted octanol–water partition coefficient (Wildman–Crippen LogP) is 7.15. The lowest BCUT2D eigenvalue weighted by molar-refractivity contribution is -0.153. The summed E-state index contributed by atoms with van der Waals surface area (Å²) in [6.07, 6.45) is 6.02. The SMILES string of the molecule is C/C=C/C(=O)NCC(C)(C)C(=O)C(=O)N1CCCC[C@H]1C(=O)N[C@H](CCc1ccc(OC)c(OC)c1)c1cccc(NC(=O)CCC(=O)NC(C(=O)N(C)[C@@H](Cc2ccccc2)C(=O)N2CCC[C@@H]2C(=O)N(C)[C@@H](CC(C)C)C(=O)N(C)CC)c2ccccc2)c1. The fourth-order valence-corrected chi connectivity index (χ4v) is 11.6. The quantitative estimate of drug-likeness (QED) is 0.0300. The molecule has 2 saturated heterocycles. The smallest absolute Gasteiger partial charge is 0.291 e. The average molecular weight is 1250 g/mol. The number of nitrogens with zero attached hydrogens (tertiary/aromatic N) is 5. The van der Waals surface area contributed by atoms with E-state index in [-0.39, 0.29) is 56.6 Å². The summed E-state index contributed by atoms with van der Waals surface area (Å²) in [4.78, 5) is 148. The number of allylic oxidation sites excluding steroid dienone is 1. The number of carbonyl (C=O) groups excluding carboxylic acids is 10. The normalized spacial score (nSPS) is 16.2. The number of likely N-dealkylation sites (N-methyl/N-ethyl adjacent to an activating group) is 3. The van der Waals surface area contributed by atoms with E-state index in [1.165, 1.54) is 39.8 Å². The molecule has 2 aliphatic rings. The monoisotopic (exact) mass is 1250 g/mol. The summed E-state index contributed by atoms with van der Waals surface area (Å²) in [5.41, 5.74) is 1.79. The van der Waals surface area contributed by atoms with Gasteiger partial charge in [0.1, 0.15) is 30.2 Å². The molecule has 6 rings (SSSR count). The molecule has 4 N–H and O–H groups in total. The van der Waals surface area contributed by atoms with Gasteiger partial charge in [-0.1, -0.05) is 113 Å². The zero-order chi connectivity index (χ0) is 66.5. The zero-order valence-electron chi connectivity index (χ0n) is 54.8. The summed E-state index contributed by atoms with van der Waals surface area (Å²) in [5, 5.41) is 11.6. The Labute approximate surface area is 536 Å². The van der Waals surface area contributed by atoms with Gasteiger partial charge in [-0.25, -0.2) is 0 Å². The van der Waals surface area contributed by atoms with Crippen LogP contribution in [0.2, 0.25) is 0 Å². The van der Waals surface area contributed by atoms with Crippen LogP contribution < -0.4 is 30.7 Å². The van der Waals surface area contributed by atoms with Gasteiger partial charge in [-0.3, -0.25) is 47.9 Å². The molecule has 2 fully saturated rings. The number of Topliss-reactive ketones (excluding diaryl/α,β-unsaturated/α-hetero) is 1. The van der Waals surface area contributed by atoms with Crippen molar-refractivity contribution in [1.82, 2.24) is 40.4 Å². The number of ether oxygens (including phenoxy) is 2. The van der Waals surface area contributed by atoms with Crippen LogP contribution in [0.1, 0.15) is 134 Å². The van der Waals surface area contributed by atoms with E-state index in [4.69, 9.17) is 9.47 Å². The summed E-state index contributed by atoms with van der Waals surface area (Å²) >= 11 is 0. The summed E-state index contributed by atoms with van der Waals surface area (Å²) in [5.74, 6) is -3.99. The van der Waals surface area contributed by atoms with Crippen LogP contribution in [0.25, 0.3) is 0 Å². The molecule has 21 heteroatoms. The molecule has 2 heterocycles. The van der Waals surface area contributed by atoms with Crippen molar-refractivity contribution in [1.29, 1.82) is 0 Å². The van der Waals surface area contributed by atoms with Crippen molar-refractivity contribution >= 4 is 64.6 Å². The maximum absolute atomic E-state index is 15.1. The molecule has 21 nitrogen and oxygen atoms in total. The van der Waals surface area contributed by atoms with Gasteiger partial charge >= 0.3 is 0 Å². The molecule has 0 bridgehead atoms. The number of likely N-dealkylation sites (tertiary alicyclic amines) is 2. The molecule has 9 amide bonds. The number of rotatable bonds is 30. The van der Waals surface area contributed by atoms with Crippen molar-refractivity contribution in [3.63, 3.8) is 0 Å². The molecule has 91 heavy (non-hydrogen) atoms. The van der Waals surface area contributed by atoms with Gasteiger partial charge in [0.05, 0.1) is 25.7 Å². The lowest BCUT2D eigenvalue weighted by atomic mass is 9.86. The summed E-state index contributed by atoms with van der Waals surface area (Å²) in [6.45, 7) is 11.5. The van der Waals surface area contributed by atoms with Gasteiger partial charge in [0, 0.05) is 72.3 Å². The van der Waals surface area contributed by atoms with Crippen LogP contribution >= 0.6 is 0 Å². The van der Waals surface area contributed by atoms with Gasteiger partial charge in [0.15, 0.2) is 11.5 Å². The number of ketones is 1. The third kappa shape index (κ3) is 19.3. The Balaban J connectivity index is 1.19. The molecular formula is C70H93N9O12. The van der Waals surface area contributed by atoms with Crippen LogP contribution in [0.15, 0.2) is 115 Å². The molecule has 6 atom stereocenters. The molecule has 0 aliphatic carbocycles. The third-order valence-corrected chi connectivity index (χ3v) is 17.1. The predicted molar refractivity (Wildman–Crippen MR) is 347 cm³/mol. The first-order valence-corrected chi connectivity index (χ1v) is 31.6. The number of methoxy groups -OCH3 is 2. The Bertz CT molecular complexity index is 3230. The first-order valence-electron chi connectivity index (χ1n) is 31.6. The van der Waals surface area contributed by atoms with Crippen LogP contribution in [-0.4, -0.2) is 169 Å². The zero-order valence-corrected chi connectivity index (χ0v) is 54.8. The number of amides is 9. The summed E-state index contributed by atoms with van der Waals surface area (Å²) in [7, 11) is 7.90. The minimum atomic E-state index is -1.29. The van der Waals surface area contributed by atoms with Crippen molar-refractivity contribution in [3.8, 4) is 11.5 Å². The van der Waals surface area contributed by atoms with Gasteiger partial charge in [-0.2, -0.15) is 0 Å². The second-order valence-corrected chi connectivity index (χ2v) is 24.6. The molecule has 4 aromatic carbocycles. The molecular weight excluding hydrogens is 1160 g/mol. The molecule has 490 valence electrons. The van der Waals surface area contributed by atoms with Crippen molar-refractivity contribution in [2.75, 3.05) is 66.9 Å². The Hall–Kier alpha value is -8.88. The standard InChI is InChI=1S/C70H93N9O12/c1-12-24-59(80)71-45-70(5,6)63(83)69(89)78-39-21-20-31-53(78)64(84)73-52(35-33-48-34-36-57(90-10)58(43-48)91-11)50-29-22-30-51(44-50)72-60(81)37-38-61(82)74-62(49-27-18-15-19-28-49)68(88)77(9)56(42-47-25-16-14-17-26-47)67(87)79-40-23-32-54(79)66(86)76(8)55(41-46(3)4)65(85)75(7)13-2/h12,14-19,22,24-30,34,36,43-44,46,52-56,62H,13,20-21,23,31-33,35,37-42,45H2,1-11H3,(H,71,80)(H,72,81)(H,73,84)(H,74,82)/b24-12+/t52-,53+,54-,55+,56+,62?/m1/s1. The van der Waals surface area contributed by atoms with Crippen molar-refractivity contribution < 1.29 is 57.4 Å². The lowest BCUT2D eigenvalue weighted by Gasteiger charge is -2.37. The minimum Gasteiger partial charge on any atom is -0.493 e. The highest BCUT2D eigenvalue weighted by Crippen LogP contribution is 2.32. The third-order valence-electron chi connectivity index (χ3n) is 17.1. The number of piperidine rings is 1. The van der Waals surface area contributed by atoms with Crippen LogP contribution in [0.4, 0.5) is 5.69 Å². The van der Waals surface area contributed by atoms with Crippen molar-refractivity contribution in [2.24, 2.45) is 11.3 Å². The first kappa shape index (κ1) is 71.2. The summed E-state index contributed by atoms with van der Waals surface area (Å²) in [6, 6.07) is 24.6.